The fraction of sp³-hybridized carbons (Fsp3) is 0.250. The predicted molar refractivity (Wildman–Crippen MR) is 105 cm³/mol. The Labute approximate surface area is 162 Å². The molecule has 0 bridgehead atoms. The lowest BCUT2D eigenvalue weighted by molar-refractivity contribution is 0.102. The van der Waals surface area contributed by atoms with Crippen molar-refractivity contribution >= 4 is 22.5 Å². The zero-order valence-corrected chi connectivity index (χ0v) is 16.3. The third-order valence-electron chi connectivity index (χ3n) is 4.37. The largest absolute Gasteiger partial charge is 0.497 e. The van der Waals surface area contributed by atoms with Crippen LogP contribution in [-0.4, -0.2) is 46.4 Å². The molecular weight excluding hydrogens is 364 g/mol. The Balaban J connectivity index is 2.08. The predicted octanol–water partition coefficient (Wildman–Crippen LogP) is 3.46. The summed E-state index contributed by atoms with van der Waals surface area (Å²) in [7, 11) is 7.64. The van der Waals surface area contributed by atoms with Crippen molar-refractivity contribution in [2.45, 2.75) is 0 Å². The highest BCUT2D eigenvalue weighted by Gasteiger charge is 2.23. The van der Waals surface area contributed by atoms with Crippen LogP contribution in [-0.2, 0) is 0 Å². The smallest absolute Gasteiger partial charge is 0.258 e. The van der Waals surface area contributed by atoms with Gasteiger partial charge in [0.1, 0.15) is 11.5 Å². The maximum atomic E-state index is 13.0. The van der Waals surface area contributed by atoms with Crippen LogP contribution in [0.4, 0.5) is 5.69 Å². The number of carbonyl (C=O) groups is 1. The van der Waals surface area contributed by atoms with Crippen molar-refractivity contribution in [2.24, 2.45) is 0 Å². The third kappa shape index (κ3) is 3.24. The minimum absolute atomic E-state index is 0.344. The topological polar surface area (TPSA) is 91.0 Å². The number of anilines is 1. The number of carbonyl (C=O) groups excluding carboxylic acids is 1. The minimum Gasteiger partial charge on any atom is -0.497 e. The Hall–Kier alpha value is -3.55. The van der Waals surface area contributed by atoms with Crippen molar-refractivity contribution in [2.75, 3.05) is 40.9 Å². The lowest BCUT2D eigenvalue weighted by Crippen LogP contribution is -2.12. The van der Waals surface area contributed by atoms with E-state index in [1.807, 2.05) is 0 Å². The molecule has 0 aliphatic heterocycles. The van der Waals surface area contributed by atoms with E-state index in [4.69, 9.17) is 23.7 Å². The first-order chi connectivity index (χ1) is 13.6. The summed E-state index contributed by atoms with van der Waals surface area (Å²) in [5.74, 6) is 2.07. The lowest BCUT2D eigenvalue weighted by Gasteiger charge is -2.14. The summed E-state index contributed by atoms with van der Waals surface area (Å²) in [6, 6.07) is 6.91. The van der Waals surface area contributed by atoms with E-state index in [9.17, 15) is 4.79 Å². The summed E-state index contributed by atoms with van der Waals surface area (Å²) in [5, 5.41) is 3.44. The molecule has 0 unspecified atom stereocenters. The van der Waals surface area contributed by atoms with Gasteiger partial charge >= 0.3 is 0 Å². The molecule has 28 heavy (non-hydrogen) atoms. The highest BCUT2D eigenvalue weighted by atomic mass is 16.5. The van der Waals surface area contributed by atoms with Crippen LogP contribution in [0, 0.1) is 0 Å². The number of methoxy groups -OCH3 is 5. The van der Waals surface area contributed by atoms with Crippen LogP contribution in [0.15, 0.2) is 30.5 Å². The molecule has 2 N–H and O–H groups in total. The quantitative estimate of drug-likeness (QED) is 0.646. The number of nitrogens with one attached hydrogen (secondary N) is 2. The van der Waals surface area contributed by atoms with Gasteiger partial charge in [-0.15, -0.1) is 0 Å². The van der Waals surface area contributed by atoms with Gasteiger partial charge in [-0.1, -0.05) is 0 Å². The highest BCUT2D eigenvalue weighted by Crippen LogP contribution is 2.44. The molecule has 0 saturated carbocycles. The Bertz CT molecular complexity index is 1010. The number of benzene rings is 2. The Morgan fingerprint density at radius 1 is 0.857 bits per heavy atom. The van der Waals surface area contributed by atoms with Gasteiger partial charge in [0.2, 0.25) is 5.75 Å². The Kier molecular flexibility index (Phi) is 5.49. The van der Waals surface area contributed by atoms with Gasteiger partial charge in [-0.25, -0.2) is 0 Å². The number of rotatable bonds is 7. The second kappa shape index (κ2) is 7.99. The third-order valence-corrected chi connectivity index (χ3v) is 4.37. The van der Waals surface area contributed by atoms with Gasteiger partial charge in [0.25, 0.3) is 5.91 Å². The van der Waals surface area contributed by atoms with Gasteiger partial charge in [0, 0.05) is 18.3 Å². The van der Waals surface area contributed by atoms with Crippen molar-refractivity contribution in [1.82, 2.24) is 4.98 Å². The summed E-state index contributed by atoms with van der Waals surface area (Å²) < 4.78 is 26.8. The lowest BCUT2D eigenvalue weighted by atomic mass is 10.1. The van der Waals surface area contributed by atoms with E-state index in [2.05, 4.69) is 10.3 Å². The molecule has 0 fully saturated rings. The molecule has 2 aromatic carbocycles. The standard InChI is InChI=1S/C20H22N2O6/c1-24-11-6-7-15(25-2)13(8-11)22-20(23)12-10-21-14-9-16(26-3)18(27-4)19(28-5)17(12)14/h6-10,21H,1-5H3,(H,22,23). The molecule has 8 nitrogen and oxygen atoms in total. The molecule has 3 rings (SSSR count). The zero-order chi connectivity index (χ0) is 20.3. The van der Waals surface area contributed by atoms with Crippen molar-refractivity contribution in [3.63, 3.8) is 0 Å². The van der Waals surface area contributed by atoms with Crippen molar-refractivity contribution in [3.05, 3.63) is 36.0 Å². The van der Waals surface area contributed by atoms with Crippen LogP contribution >= 0.6 is 0 Å². The van der Waals surface area contributed by atoms with Crippen LogP contribution < -0.4 is 29.0 Å². The van der Waals surface area contributed by atoms with E-state index in [0.29, 0.717) is 50.9 Å². The summed E-state index contributed by atoms with van der Waals surface area (Å²) >= 11 is 0. The van der Waals surface area contributed by atoms with Crippen molar-refractivity contribution in [1.29, 1.82) is 0 Å². The maximum Gasteiger partial charge on any atom is 0.258 e. The fourth-order valence-corrected chi connectivity index (χ4v) is 3.04. The number of aromatic nitrogens is 1. The first kappa shape index (κ1) is 19.2. The summed E-state index contributed by atoms with van der Waals surface area (Å²) in [4.78, 5) is 16.1. The van der Waals surface area contributed by atoms with Gasteiger partial charge in [-0.05, 0) is 12.1 Å². The number of fused-ring (bicyclic) bond motifs is 1. The van der Waals surface area contributed by atoms with Gasteiger partial charge in [0.05, 0.1) is 57.7 Å². The van der Waals surface area contributed by atoms with Gasteiger partial charge in [0.15, 0.2) is 11.5 Å². The molecule has 0 aliphatic carbocycles. The number of aromatic amines is 1. The summed E-state index contributed by atoms with van der Waals surface area (Å²) in [6.45, 7) is 0. The number of hydrogen-bond acceptors (Lipinski definition) is 6. The first-order valence-electron chi connectivity index (χ1n) is 8.41. The Morgan fingerprint density at radius 2 is 1.57 bits per heavy atom. The molecule has 0 spiro atoms. The van der Waals surface area contributed by atoms with Crippen molar-refractivity contribution < 1.29 is 28.5 Å². The fourth-order valence-electron chi connectivity index (χ4n) is 3.04. The summed E-state index contributed by atoms with van der Waals surface area (Å²) in [5.41, 5.74) is 1.55. The normalized spacial score (nSPS) is 10.5. The van der Waals surface area contributed by atoms with Crippen LogP contribution in [0.2, 0.25) is 0 Å². The SMILES string of the molecule is COc1ccc(OC)c(NC(=O)c2c[nH]c3cc(OC)c(OC)c(OC)c23)c1. The average Bonchev–Trinajstić information content (AvgIpc) is 3.15. The van der Waals surface area contributed by atoms with Crippen LogP contribution in [0.1, 0.15) is 10.4 Å². The molecule has 148 valence electrons. The molecule has 0 radical (unpaired) electrons. The summed E-state index contributed by atoms with van der Waals surface area (Å²) in [6.07, 6.45) is 1.61. The highest BCUT2D eigenvalue weighted by molar-refractivity contribution is 6.15. The van der Waals surface area contributed by atoms with Crippen molar-refractivity contribution in [3.8, 4) is 28.7 Å². The molecule has 1 heterocycles. The molecule has 8 heteroatoms. The monoisotopic (exact) mass is 386 g/mol. The second-order valence-corrected chi connectivity index (χ2v) is 5.79. The van der Waals surface area contributed by atoms with E-state index in [1.54, 1.807) is 37.6 Å². The number of ether oxygens (including phenoxy) is 5. The van der Waals surface area contributed by atoms with E-state index in [1.165, 1.54) is 28.4 Å². The molecule has 3 aromatic rings. The second-order valence-electron chi connectivity index (χ2n) is 5.79. The number of amides is 1. The van der Waals surface area contributed by atoms with Gasteiger partial charge < -0.3 is 34.0 Å². The van der Waals surface area contributed by atoms with E-state index < -0.39 is 0 Å². The zero-order valence-electron chi connectivity index (χ0n) is 16.3. The molecule has 1 amide bonds. The number of H-pyrrole nitrogens is 1. The van der Waals surface area contributed by atoms with Gasteiger partial charge in [-0.2, -0.15) is 0 Å². The first-order valence-corrected chi connectivity index (χ1v) is 8.41. The van der Waals surface area contributed by atoms with E-state index >= 15 is 0 Å². The molecule has 0 saturated heterocycles. The maximum absolute atomic E-state index is 13.0. The van der Waals surface area contributed by atoms with E-state index in [-0.39, 0.29) is 5.91 Å². The minimum atomic E-state index is -0.344. The molecule has 0 atom stereocenters. The van der Waals surface area contributed by atoms with Crippen LogP contribution in [0.25, 0.3) is 10.9 Å². The molecule has 0 aliphatic rings. The van der Waals surface area contributed by atoms with Gasteiger partial charge in [-0.3, -0.25) is 4.79 Å². The van der Waals surface area contributed by atoms with Crippen LogP contribution in [0.3, 0.4) is 0 Å². The Morgan fingerprint density at radius 3 is 2.18 bits per heavy atom. The van der Waals surface area contributed by atoms with Crippen LogP contribution in [0.5, 0.6) is 28.7 Å². The molecule has 1 aromatic heterocycles. The average molecular weight is 386 g/mol. The molecular formula is C20H22N2O6. The van der Waals surface area contributed by atoms with E-state index in [0.717, 1.165) is 0 Å². The number of hydrogen-bond donors (Lipinski definition) is 2.